The molecule has 110 valence electrons. The average molecular weight is 280 g/mol. The van der Waals surface area contributed by atoms with Gasteiger partial charge in [-0.1, -0.05) is 0 Å². The number of aromatic hydroxyl groups is 2. The van der Waals surface area contributed by atoms with Crippen molar-refractivity contribution >= 4 is 11.7 Å². The molecule has 6 nitrogen and oxygen atoms in total. The molecule has 1 unspecified atom stereocenters. The Labute approximate surface area is 117 Å². The van der Waals surface area contributed by atoms with Crippen molar-refractivity contribution in [2.24, 2.45) is 0 Å². The second kappa shape index (κ2) is 6.47. The number of nitrogens with one attached hydrogen (secondary N) is 1. The summed E-state index contributed by atoms with van der Waals surface area (Å²) in [6.45, 7) is 0.711. The fourth-order valence-corrected chi connectivity index (χ4v) is 2.58. The summed E-state index contributed by atoms with van der Waals surface area (Å²) in [4.78, 5) is 14.0. The van der Waals surface area contributed by atoms with Crippen LogP contribution in [0.2, 0.25) is 0 Å². The highest BCUT2D eigenvalue weighted by atomic mass is 16.3. The number of amides is 2. The number of anilines is 1. The molecule has 1 atom stereocenters. The number of carbonyl (C=O) groups excluding carboxylic acids is 1. The average Bonchev–Trinajstić information content (AvgIpc) is 2.38. The topological polar surface area (TPSA) is 93.0 Å². The monoisotopic (exact) mass is 280 g/mol. The summed E-state index contributed by atoms with van der Waals surface area (Å²) >= 11 is 0. The van der Waals surface area contributed by atoms with Crippen LogP contribution in [0.15, 0.2) is 18.2 Å². The van der Waals surface area contributed by atoms with Crippen molar-refractivity contribution in [1.29, 1.82) is 0 Å². The lowest BCUT2D eigenvalue weighted by atomic mass is 10.0. The lowest BCUT2D eigenvalue weighted by Gasteiger charge is -2.35. The minimum absolute atomic E-state index is 0.0413. The molecule has 4 N–H and O–H groups in total. The Bertz CT molecular complexity index is 456. The molecule has 0 spiro atoms. The van der Waals surface area contributed by atoms with Crippen molar-refractivity contribution < 1.29 is 20.1 Å². The molecule has 1 fully saturated rings. The zero-order valence-electron chi connectivity index (χ0n) is 11.2. The number of aliphatic hydroxyl groups excluding tert-OH is 1. The minimum Gasteiger partial charge on any atom is -0.508 e. The maximum Gasteiger partial charge on any atom is 0.322 e. The minimum atomic E-state index is -0.270. The van der Waals surface area contributed by atoms with Crippen molar-refractivity contribution in [3.63, 3.8) is 0 Å². The quantitative estimate of drug-likeness (QED) is 0.680. The van der Waals surface area contributed by atoms with Crippen molar-refractivity contribution in [2.45, 2.75) is 31.7 Å². The number of benzene rings is 1. The number of nitrogens with zero attached hydrogens (tertiary/aromatic N) is 1. The van der Waals surface area contributed by atoms with E-state index in [1.165, 1.54) is 18.2 Å². The summed E-state index contributed by atoms with van der Waals surface area (Å²) < 4.78 is 0. The van der Waals surface area contributed by atoms with Crippen LogP contribution in [0.3, 0.4) is 0 Å². The summed E-state index contributed by atoms with van der Waals surface area (Å²) in [6.07, 6.45) is 3.46. The van der Waals surface area contributed by atoms with Gasteiger partial charge < -0.3 is 25.5 Å². The molecular weight excluding hydrogens is 260 g/mol. The molecule has 0 saturated carbocycles. The normalized spacial score (nSPS) is 18.9. The molecule has 1 aliphatic rings. The third-order valence-corrected chi connectivity index (χ3v) is 3.50. The molecule has 0 aliphatic carbocycles. The zero-order chi connectivity index (χ0) is 14.5. The van der Waals surface area contributed by atoms with Crippen LogP contribution in [0.1, 0.15) is 25.7 Å². The highest BCUT2D eigenvalue weighted by Gasteiger charge is 2.26. The third kappa shape index (κ3) is 3.54. The van der Waals surface area contributed by atoms with E-state index in [4.69, 9.17) is 5.11 Å². The molecule has 1 aromatic rings. The van der Waals surface area contributed by atoms with E-state index in [1.54, 1.807) is 4.90 Å². The van der Waals surface area contributed by atoms with Gasteiger partial charge in [0.2, 0.25) is 0 Å². The molecule has 1 aliphatic heterocycles. The van der Waals surface area contributed by atoms with Gasteiger partial charge in [-0.15, -0.1) is 0 Å². The van der Waals surface area contributed by atoms with E-state index in [9.17, 15) is 15.0 Å². The molecule has 0 bridgehead atoms. The van der Waals surface area contributed by atoms with E-state index in [1.807, 2.05) is 0 Å². The first-order chi connectivity index (χ1) is 9.60. The molecule has 20 heavy (non-hydrogen) atoms. The van der Waals surface area contributed by atoms with Crippen LogP contribution in [0, 0.1) is 0 Å². The lowest BCUT2D eigenvalue weighted by Crippen LogP contribution is -2.46. The van der Waals surface area contributed by atoms with Gasteiger partial charge in [-0.3, -0.25) is 0 Å². The number of urea groups is 1. The van der Waals surface area contributed by atoms with Gasteiger partial charge in [0.15, 0.2) is 0 Å². The van der Waals surface area contributed by atoms with E-state index >= 15 is 0 Å². The molecule has 1 heterocycles. The second-order valence-electron chi connectivity index (χ2n) is 5.02. The maximum absolute atomic E-state index is 12.2. The van der Waals surface area contributed by atoms with Crippen molar-refractivity contribution in [1.82, 2.24) is 4.90 Å². The second-order valence-corrected chi connectivity index (χ2v) is 5.02. The van der Waals surface area contributed by atoms with Gasteiger partial charge in [0.1, 0.15) is 11.5 Å². The number of hydrogen-bond donors (Lipinski definition) is 4. The summed E-state index contributed by atoms with van der Waals surface area (Å²) in [5.74, 6) is -0.211. The smallest absolute Gasteiger partial charge is 0.322 e. The predicted octanol–water partition coefficient (Wildman–Crippen LogP) is 1.87. The molecule has 0 radical (unpaired) electrons. The molecule has 1 saturated heterocycles. The number of likely N-dealkylation sites (tertiary alicyclic amines) is 1. The lowest BCUT2D eigenvalue weighted by molar-refractivity contribution is 0.141. The Hall–Kier alpha value is -1.95. The fourth-order valence-electron chi connectivity index (χ4n) is 2.58. The van der Waals surface area contributed by atoms with Gasteiger partial charge in [0.05, 0.1) is 0 Å². The first-order valence-electron chi connectivity index (χ1n) is 6.81. The van der Waals surface area contributed by atoms with Crippen LogP contribution in [-0.4, -0.2) is 45.4 Å². The van der Waals surface area contributed by atoms with Crippen LogP contribution in [0.25, 0.3) is 0 Å². The summed E-state index contributed by atoms with van der Waals surface area (Å²) in [7, 11) is 0. The Morgan fingerprint density at radius 1 is 1.25 bits per heavy atom. The van der Waals surface area contributed by atoms with Gasteiger partial charge in [-0.25, -0.2) is 4.79 Å². The molecule has 2 rings (SSSR count). The van der Waals surface area contributed by atoms with Gasteiger partial charge in [-0.05, 0) is 25.7 Å². The number of piperidine rings is 1. The maximum atomic E-state index is 12.2. The Morgan fingerprint density at radius 2 is 1.95 bits per heavy atom. The molecular formula is C14H20N2O4. The van der Waals surface area contributed by atoms with Crippen LogP contribution in [-0.2, 0) is 0 Å². The number of phenols is 2. The molecule has 0 aromatic heterocycles. The van der Waals surface area contributed by atoms with Gasteiger partial charge in [-0.2, -0.15) is 0 Å². The van der Waals surface area contributed by atoms with Crippen molar-refractivity contribution in [3.8, 4) is 11.5 Å². The largest absolute Gasteiger partial charge is 0.508 e. The third-order valence-electron chi connectivity index (χ3n) is 3.50. The zero-order valence-corrected chi connectivity index (χ0v) is 11.2. The summed E-state index contributed by atoms with van der Waals surface area (Å²) in [6, 6.07) is 3.73. The Morgan fingerprint density at radius 3 is 2.60 bits per heavy atom. The van der Waals surface area contributed by atoms with E-state index in [0.717, 1.165) is 19.3 Å². The van der Waals surface area contributed by atoms with Gasteiger partial charge in [0.25, 0.3) is 0 Å². The SMILES string of the molecule is O=C(Nc1cc(O)cc(O)c1)N1CCCCC1CCO. The van der Waals surface area contributed by atoms with Crippen LogP contribution in [0.5, 0.6) is 11.5 Å². The Kier molecular flexibility index (Phi) is 4.68. The first kappa shape index (κ1) is 14.5. The van der Waals surface area contributed by atoms with Crippen LogP contribution < -0.4 is 5.32 Å². The number of rotatable bonds is 3. The standard InChI is InChI=1S/C14H20N2O4/c17-6-4-11-3-1-2-5-16(11)14(20)15-10-7-12(18)9-13(19)8-10/h7-9,11,17-19H,1-6H2,(H,15,20). The highest BCUT2D eigenvalue weighted by Crippen LogP contribution is 2.25. The highest BCUT2D eigenvalue weighted by molar-refractivity contribution is 5.90. The first-order valence-corrected chi connectivity index (χ1v) is 6.81. The van der Waals surface area contributed by atoms with E-state index in [2.05, 4.69) is 5.32 Å². The number of phenolic OH excluding ortho intramolecular Hbond substituents is 2. The van der Waals surface area contributed by atoms with Crippen molar-refractivity contribution in [3.05, 3.63) is 18.2 Å². The Balaban J connectivity index is 2.05. The van der Waals surface area contributed by atoms with Gasteiger partial charge in [0, 0.05) is 43.1 Å². The summed E-state index contributed by atoms with van der Waals surface area (Å²) in [5, 5.41) is 30.5. The summed E-state index contributed by atoms with van der Waals surface area (Å²) in [5.41, 5.74) is 0.348. The number of aliphatic hydroxyl groups is 1. The molecule has 6 heteroatoms. The fraction of sp³-hybridized carbons (Fsp3) is 0.500. The van der Waals surface area contributed by atoms with E-state index < -0.39 is 0 Å². The number of carbonyl (C=O) groups is 1. The van der Waals surface area contributed by atoms with Crippen molar-refractivity contribution in [2.75, 3.05) is 18.5 Å². The predicted molar refractivity (Wildman–Crippen MR) is 74.8 cm³/mol. The van der Waals surface area contributed by atoms with Crippen LogP contribution >= 0.6 is 0 Å². The van der Waals surface area contributed by atoms with E-state index in [-0.39, 0.29) is 30.2 Å². The van der Waals surface area contributed by atoms with Gasteiger partial charge >= 0.3 is 6.03 Å². The van der Waals surface area contributed by atoms with E-state index in [0.29, 0.717) is 18.7 Å². The number of hydrogen-bond acceptors (Lipinski definition) is 4. The molecule has 2 amide bonds. The molecule has 1 aromatic carbocycles. The van der Waals surface area contributed by atoms with Crippen LogP contribution in [0.4, 0.5) is 10.5 Å².